The van der Waals surface area contributed by atoms with Crippen molar-refractivity contribution in [3.05, 3.63) is 71.3 Å². The number of anilines is 2. The summed E-state index contributed by atoms with van der Waals surface area (Å²) in [5.74, 6) is 1.02. The lowest BCUT2D eigenvalue weighted by Gasteiger charge is -2.36. The van der Waals surface area contributed by atoms with Gasteiger partial charge >= 0.3 is 0 Å². The number of fused-ring (bicyclic) bond motifs is 3. The molecule has 1 aromatic heterocycles. The van der Waals surface area contributed by atoms with Gasteiger partial charge < -0.3 is 9.80 Å². The molecule has 5 rings (SSSR count). The van der Waals surface area contributed by atoms with Crippen LogP contribution in [0, 0.1) is 6.92 Å². The predicted molar refractivity (Wildman–Crippen MR) is 110 cm³/mol. The van der Waals surface area contributed by atoms with E-state index in [-0.39, 0.29) is 0 Å². The van der Waals surface area contributed by atoms with Crippen LogP contribution in [-0.4, -0.2) is 36.4 Å². The molecule has 1 saturated heterocycles. The molecule has 0 atom stereocenters. The Balaban J connectivity index is 1.33. The Bertz CT molecular complexity index is 956. The molecule has 0 unspecified atom stereocenters. The molecule has 4 nitrogen and oxygen atoms in total. The minimum absolute atomic E-state index is 0.984. The van der Waals surface area contributed by atoms with E-state index in [0.717, 1.165) is 50.5 Å². The molecule has 1 fully saturated rings. The number of benzene rings is 2. The fourth-order valence-electron chi connectivity index (χ4n) is 4.18. The van der Waals surface area contributed by atoms with Gasteiger partial charge in [0.2, 0.25) is 0 Å². The third-order valence-corrected chi connectivity index (χ3v) is 5.80. The third kappa shape index (κ3) is 3.05. The van der Waals surface area contributed by atoms with Crippen LogP contribution in [0.3, 0.4) is 0 Å². The van der Waals surface area contributed by atoms with Gasteiger partial charge in [0.25, 0.3) is 0 Å². The van der Waals surface area contributed by atoms with Crippen molar-refractivity contribution in [2.45, 2.75) is 19.8 Å². The van der Waals surface area contributed by atoms with Crippen LogP contribution in [0.25, 0.3) is 11.3 Å². The van der Waals surface area contributed by atoms with Gasteiger partial charge in [-0.15, -0.1) is 10.2 Å². The highest BCUT2D eigenvalue weighted by Crippen LogP contribution is 2.32. The smallest absolute Gasteiger partial charge is 0.151 e. The second kappa shape index (κ2) is 6.69. The number of nitrogens with zero attached hydrogens (tertiary/aromatic N) is 4. The molecule has 2 heterocycles. The molecular formula is C23H24N4. The Morgan fingerprint density at radius 1 is 0.741 bits per heavy atom. The number of piperazine rings is 1. The van der Waals surface area contributed by atoms with Gasteiger partial charge in [0.05, 0.1) is 5.69 Å². The van der Waals surface area contributed by atoms with Crippen molar-refractivity contribution in [1.82, 2.24) is 10.2 Å². The molecule has 3 aromatic rings. The Morgan fingerprint density at radius 2 is 1.44 bits per heavy atom. The molecule has 27 heavy (non-hydrogen) atoms. The second-order valence-electron chi connectivity index (χ2n) is 7.54. The van der Waals surface area contributed by atoms with Crippen LogP contribution in [0.1, 0.15) is 16.7 Å². The molecule has 2 aromatic carbocycles. The van der Waals surface area contributed by atoms with Gasteiger partial charge in [0.1, 0.15) is 0 Å². The largest absolute Gasteiger partial charge is 0.368 e. The van der Waals surface area contributed by atoms with Crippen molar-refractivity contribution >= 4 is 11.5 Å². The van der Waals surface area contributed by atoms with Crippen molar-refractivity contribution in [3.8, 4) is 11.3 Å². The zero-order valence-electron chi connectivity index (χ0n) is 15.7. The average Bonchev–Trinajstić information content (AvgIpc) is 2.74. The van der Waals surface area contributed by atoms with Crippen LogP contribution in [0.5, 0.6) is 0 Å². The predicted octanol–water partition coefficient (Wildman–Crippen LogP) is 3.88. The number of rotatable bonds is 2. The van der Waals surface area contributed by atoms with Crippen LogP contribution in [0.4, 0.5) is 11.5 Å². The van der Waals surface area contributed by atoms with Crippen molar-refractivity contribution < 1.29 is 0 Å². The monoisotopic (exact) mass is 356 g/mol. The number of aromatic nitrogens is 2. The van der Waals surface area contributed by atoms with E-state index in [1.165, 1.54) is 27.9 Å². The van der Waals surface area contributed by atoms with E-state index in [1.807, 2.05) is 0 Å². The highest BCUT2D eigenvalue weighted by molar-refractivity contribution is 5.70. The first kappa shape index (κ1) is 16.3. The summed E-state index contributed by atoms with van der Waals surface area (Å²) in [6.07, 6.45) is 2.15. The van der Waals surface area contributed by atoms with Crippen LogP contribution in [0.15, 0.2) is 54.6 Å². The van der Waals surface area contributed by atoms with Gasteiger partial charge in [0.15, 0.2) is 5.82 Å². The highest BCUT2D eigenvalue weighted by Gasteiger charge is 2.22. The number of hydrogen-bond donors (Lipinski definition) is 0. The van der Waals surface area contributed by atoms with Crippen LogP contribution < -0.4 is 9.80 Å². The van der Waals surface area contributed by atoms with Gasteiger partial charge in [0, 0.05) is 37.4 Å². The molecule has 2 aliphatic rings. The van der Waals surface area contributed by atoms with E-state index in [1.54, 1.807) is 0 Å². The fourth-order valence-corrected chi connectivity index (χ4v) is 4.18. The Kier molecular flexibility index (Phi) is 4.04. The van der Waals surface area contributed by atoms with Gasteiger partial charge in [-0.25, -0.2) is 0 Å². The summed E-state index contributed by atoms with van der Waals surface area (Å²) >= 11 is 0. The quantitative estimate of drug-likeness (QED) is 0.698. The van der Waals surface area contributed by atoms with E-state index in [2.05, 4.69) is 81.5 Å². The van der Waals surface area contributed by atoms with Crippen molar-refractivity contribution in [1.29, 1.82) is 0 Å². The van der Waals surface area contributed by atoms with E-state index in [9.17, 15) is 0 Å². The molecule has 4 heteroatoms. The maximum Gasteiger partial charge on any atom is 0.151 e. The van der Waals surface area contributed by atoms with Crippen LogP contribution >= 0.6 is 0 Å². The summed E-state index contributed by atoms with van der Waals surface area (Å²) in [5, 5.41) is 9.20. The zero-order valence-corrected chi connectivity index (χ0v) is 15.7. The molecule has 1 aliphatic carbocycles. The van der Waals surface area contributed by atoms with Gasteiger partial charge in [-0.1, -0.05) is 42.0 Å². The molecule has 0 amide bonds. The third-order valence-electron chi connectivity index (χ3n) is 5.80. The number of hydrogen-bond acceptors (Lipinski definition) is 4. The molecule has 0 spiro atoms. The van der Waals surface area contributed by atoms with Crippen molar-refractivity contribution in [2.24, 2.45) is 0 Å². The topological polar surface area (TPSA) is 32.3 Å². The van der Waals surface area contributed by atoms with Crippen LogP contribution in [-0.2, 0) is 12.8 Å². The summed E-state index contributed by atoms with van der Waals surface area (Å²) in [4.78, 5) is 4.83. The summed E-state index contributed by atoms with van der Waals surface area (Å²) < 4.78 is 0. The maximum absolute atomic E-state index is 4.62. The van der Waals surface area contributed by atoms with Gasteiger partial charge in [-0.3, -0.25) is 0 Å². The first-order valence-corrected chi connectivity index (χ1v) is 9.79. The lowest BCUT2D eigenvalue weighted by molar-refractivity contribution is 0.643. The van der Waals surface area contributed by atoms with E-state index in [4.69, 9.17) is 0 Å². The summed E-state index contributed by atoms with van der Waals surface area (Å²) in [6.45, 7) is 6.14. The SMILES string of the molecule is Cc1ccc(N2CCN(c3cc4c(nn3)-c3ccccc3CC4)CC2)cc1. The average molecular weight is 356 g/mol. The molecule has 1 aliphatic heterocycles. The van der Waals surface area contributed by atoms with Crippen LogP contribution in [0.2, 0.25) is 0 Å². The standard InChI is InChI=1S/C23H24N4/c1-17-6-10-20(11-7-17)26-12-14-27(15-13-26)22-16-19-9-8-18-4-2-3-5-21(18)23(19)25-24-22/h2-7,10-11,16H,8-9,12-15H2,1H3. The van der Waals surface area contributed by atoms with Gasteiger partial charge in [-0.05, 0) is 49.1 Å². The van der Waals surface area contributed by atoms with E-state index >= 15 is 0 Å². The van der Waals surface area contributed by atoms with E-state index < -0.39 is 0 Å². The Morgan fingerprint density at radius 3 is 2.26 bits per heavy atom. The Labute approximate surface area is 160 Å². The first-order valence-electron chi connectivity index (χ1n) is 9.79. The van der Waals surface area contributed by atoms with E-state index in [0.29, 0.717) is 0 Å². The Hall–Kier alpha value is -2.88. The normalized spacial score (nSPS) is 16.0. The lowest BCUT2D eigenvalue weighted by Crippen LogP contribution is -2.47. The zero-order chi connectivity index (χ0) is 18.2. The molecule has 0 radical (unpaired) electrons. The first-order chi connectivity index (χ1) is 13.3. The second-order valence-corrected chi connectivity index (χ2v) is 7.54. The molecule has 0 N–H and O–H groups in total. The molecule has 0 saturated carbocycles. The maximum atomic E-state index is 4.62. The fraction of sp³-hybridized carbons (Fsp3) is 0.304. The minimum atomic E-state index is 0.984. The van der Waals surface area contributed by atoms with Gasteiger partial charge in [-0.2, -0.15) is 0 Å². The molecule has 136 valence electrons. The summed E-state index contributed by atoms with van der Waals surface area (Å²) in [6, 6.07) is 19.7. The summed E-state index contributed by atoms with van der Waals surface area (Å²) in [5.41, 5.74) is 7.66. The van der Waals surface area contributed by atoms with Crippen molar-refractivity contribution in [2.75, 3.05) is 36.0 Å². The lowest BCUT2D eigenvalue weighted by atomic mass is 9.89. The molecular weight excluding hydrogens is 332 g/mol. The summed E-state index contributed by atoms with van der Waals surface area (Å²) in [7, 11) is 0. The molecule has 0 bridgehead atoms. The number of aryl methyl sites for hydroxylation is 3. The van der Waals surface area contributed by atoms with Crippen molar-refractivity contribution in [3.63, 3.8) is 0 Å². The highest BCUT2D eigenvalue weighted by atomic mass is 15.3. The minimum Gasteiger partial charge on any atom is -0.368 e.